The summed E-state index contributed by atoms with van der Waals surface area (Å²) >= 11 is 0. The van der Waals surface area contributed by atoms with Crippen molar-refractivity contribution in [2.24, 2.45) is 0 Å². The van der Waals surface area contributed by atoms with Crippen molar-refractivity contribution in [2.45, 2.75) is 5.41 Å². The summed E-state index contributed by atoms with van der Waals surface area (Å²) < 4.78 is 2.38. The fourth-order valence-corrected chi connectivity index (χ4v) is 7.85. The first-order chi connectivity index (χ1) is 21.9. The van der Waals surface area contributed by atoms with Gasteiger partial charge in [-0.05, 0) is 52.1 Å². The summed E-state index contributed by atoms with van der Waals surface area (Å²) in [4.78, 5) is 19.5. The van der Waals surface area contributed by atoms with Gasteiger partial charge < -0.3 is 4.57 Å². The van der Waals surface area contributed by atoms with E-state index in [1.54, 1.807) is 6.33 Å². The molecule has 0 saturated carbocycles. The van der Waals surface area contributed by atoms with Crippen molar-refractivity contribution < 1.29 is 0 Å². The first-order valence-corrected chi connectivity index (χ1v) is 14.8. The molecule has 5 nitrogen and oxygen atoms in total. The van der Waals surface area contributed by atoms with Gasteiger partial charge in [-0.25, -0.2) is 9.97 Å². The molecule has 2 aliphatic carbocycles. The Hall–Kier alpha value is -5.94. The van der Waals surface area contributed by atoms with Crippen molar-refractivity contribution >= 4 is 21.9 Å². The third kappa shape index (κ3) is 2.79. The standard InChI is InChI=1S/C39H23N5/c1-2-11-24(12-3-1)34-38-35(43-23-42-34)26-14-5-7-19-31(26)44(38)32-20-8-16-28-33(32)25-13-4-6-15-27(25)39(28)29-17-9-21-40-36(29)37-30(39)18-10-22-41-37/h1-23H. The van der Waals surface area contributed by atoms with Gasteiger partial charge in [0, 0.05) is 28.9 Å². The van der Waals surface area contributed by atoms with Crippen LogP contribution >= 0.6 is 0 Å². The molecule has 4 aromatic carbocycles. The van der Waals surface area contributed by atoms with Crippen LogP contribution in [0.4, 0.5) is 0 Å². The Labute approximate surface area is 253 Å². The van der Waals surface area contributed by atoms with E-state index in [4.69, 9.17) is 19.9 Å². The van der Waals surface area contributed by atoms with E-state index < -0.39 is 5.41 Å². The Kier molecular flexibility index (Phi) is 4.59. The molecule has 204 valence electrons. The summed E-state index contributed by atoms with van der Waals surface area (Å²) in [6, 6.07) is 43.1. The third-order valence-electron chi connectivity index (χ3n) is 9.43. The molecule has 10 rings (SSSR count). The van der Waals surface area contributed by atoms with Gasteiger partial charge in [0.1, 0.15) is 11.8 Å². The number of aromatic nitrogens is 5. The topological polar surface area (TPSA) is 56.5 Å². The highest BCUT2D eigenvalue weighted by Gasteiger charge is 2.53. The number of pyridine rings is 2. The average Bonchev–Trinajstić information content (AvgIpc) is 3.71. The third-order valence-corrected chi connectivity index (χ3v) is 9.43. The molecule has 44 heavy (non-hydrogen) atoms. The largest absolute Gasteiger partial charge is 0.305 e. The Balaban J connectivity index is 1.39. The van der Waals surface area contributed by atoms with Gasteiger partial charge in [-0.15, -0.1) is 0 Å². The van der Waals surface area contributed by atoms with Crippen molar-refractivity contribution in [1.82, 2.24) is 24.5 Å². The van der Waals surface area contributed by atoms with Crippen LogP contribution in [0, 0.1) is 0 Å². The molecule has 8 aromatic rings. The van der Waals surface area contributed by atoms with Gasteiger partial charge in [0.2, 0.25) is 0 Å². The highest BCUT2D eigenvalue weighted by Crippen LogP contribution is 2.63. The maximum absolute atomic E-state index is 4.88. The van der Waals surface area contributed by atoms with Crippen molar-refractivity contribution in [1.29, 1.82) is 0 Å². The molecule has 0 atom stereocenters. The fourth-order valence-electron chi connectivity index (χ4n) is 7.85. The molecule has 4 aromatic heterocycles. The summed E-state index contributed by atoms with van der Waals surface area (Å²) in [6.07, 6.45) is 5.43. The second kappa shape index (κ2) is 8.55. The summed E-state index contributed by atoms with van der Waals surface area (Å²) in [5.41, 5.74) is 14.8. The maximum Gasteiger partial charge on any atom is 0.116 e. The van der Waals surface area contributed by atoms with Crippen LogP contribution in [0.15, 0.2) is 140 Å². The van der Waals surface area contributed by atoms with Crippen molar-refractivity contribution in [3.05, 3.63) is 162 Å². The monoisotopic (exact) mass is 561 g/mol. The summed E-state index contributed by atoms with van der Waals surface area (Å²) in [7, 11) is 0. The van der Waals surface area contributed by atoms with Gasteiger partial charge in [-0.2, -0.15) is 0 Å². The Morgan fingerprint density at radius 2 is 1.18 bits per heavy atom. The number of benzene rings is 4. The minimum Gasteiger partial charge on any atom is -0.305 e. The first-order valence-electron chi connectivity index (χ1n) is 14.8. The Bertz CT molecular complexity index is 2410. The van der Waals surface area contributed by atoms with E-state index in [1.807, 2.05) is 30.6 Å². The highest BCUT2D eigenvalue weighted by atomic mass is 15.0. The number of rotatable bonds is 2. The number of para-hydroxylation sites is 1. The molecule has 4 heterocycles. The Morgan fingerprint density at radius 1 is 0.500 bits per heavy atom. The molecule has 0 amide bonds. The van der Waals surface area contributed by atoms with Crippen LogP contribution in [-0.2, 0) is 5.41 Å². The predicted molar refractivity (Wildman–Crippen MR) is 174 cm³/mol. The van der Waals surface area contributed by atoms with Crippen LogP contribution in [0.1, 0.15) is 22.3 Å². The van der Waals surface area contributed by atoms with Gasteiger partial charge in [0.05, 0.1) is 39.2 Å². The van der Waals surface area contributed by atoms with E-state index in [-0.39, 0.29) is 0 Å². The van der Waals surface area contributed by atoms with Gasteiger partial charge in [-0.3, -0.25) is 9.97 Å². The zero-order valence-electron chi connectivity index (χ0n) is 23.5. The summed E-state index contributed by atoms with van der Waals surface area (Å²) in [6.45, 7) is 0. The predicted octanol–water partition coefficient (Wildman–Crippen LogP) is 8.37. The lowest BCUT2D eigenvalue weighted by Crippen LogP contribution is -2.26. The lowest BCUT2D eigenvalue weighted by atomic mass is 9.71. The van der Waals surface area contributed by atoms with Gasteiger partial charge in [0.25, 0.3) is 0 Å². The number of nitrogens with zero attached hydrogens (tertiary/aromatic N) is 5. The van der Waals surface area contributed by atoms with E-state index >= 15 is 0 Å². The van der Waals surface area contributed by atoms with E-state index in [2.05, 4.69) is 108 Å². The second-order valence-corrected chi connectivity index (χ2v) is 11.4. The van der Waals surface area contributed by atoms with E-state index in [1.165, 1.54) is 33.4 Å². The van der Waals surface area contributed by atoms with Crippen LogP contribution in [0.5, 0.6) is 0 Å². The van der Waals surface area contributed by atoms with Gasteiger partial charge in [0.15, 0.2) is 0 Å². The molecule has 1 spiro atoms. The average molecular weight is 562 g/mol. The van der Waals surface area contributed by atoms with Crippen molar-refractivity contribution in [2.75, 3.05) is 0 Å². The number of hydrogen-bond donors (Lipinski definition) is 0. The van der Waals surface area contributed by atoms with E-state index in [0.29, 0.717) is 0 Å². The first kappa shape index (κ1) is 23.6. The Morgan fingerprint density at radius 3 is 2.00 bits per heavy atom. The zero-order valence-corrected chi connectivity index (χ0v) is 23.5. The second-order valence-electron chi connectivity index (χ2n) is 11.4. The number of fused-ring (bicyclic) bond motifs is 13. The zero-order chi connectivity index (χ0) is 28.8. The van der Waals surface area contributed by atoms with Crippen LogP contribution in [-0.4, -0.2) is 24.5 Å². The van der Waals surface area contributed by atoms with Gasteiger partial charge >= 0.3 is 0 Å². The fraction of sp³-hybridized carbons (Fsp3) is 0.0256. The molecular formula is C39H23N5. The van der Waals surface area contributed by atoms with Crippen LogP contribution in [0.2, 0.25) is 0 Å². The molecule has 2 aliphatic rings. The van der Waals surface area contributed by atoms with Crippen molar-refractivity contribution in [3.8, 4) is 39.5 Å². The molecule has 0 fully saturated rings. The molecule has 0 radical (unpaired) electrons. The van der Waals surface area contributed by atoms with Gasteiger partial charge in [-0.1, -0.05) is 97.1 Å². The summed E-state index contributed by atoms with van der Waals surface area (Å²) in [5, 5.41) is 1.10. The lowest BCUT2D eigenvalue weighted by molar-refractivity contribution is 0.789. The SMILES string of the molecule is c1ccc(-c2ncnc3c4ccccc4n(-c4cccc5c4-c4ccccc4C54c5cccnc5-c5ncccc54)c23)cc1. The molecule has 0 bridgehead atoms. The normalized spacial score (nSPS) is 13.6. The van der Waals surface area contributed by atoms with Crippen LogP contribution in [0.25, 0.3) is 61.4 Å². The molecule has 0 N–H and O–H groups in total. The van der Waals surface area contributed by atoms with E-state index in [9.17, 15) is 0 Å². The summed E-state index contributed by atoms with van der Waals surface area (Å²) in [5.74, 6) is 0. The highest BCUT2D eigenvalue weighted by molar-refractivity contribution is 6.12. The minimum absolute atomic E-state index is 0.521. The molecule has 5 heteroatoms. The maximum atomic E-state index is 4.88. The molecule has 0 saturated heterocycles. The van der Waals surface area contributed by atoms with Crippen LogP contribution < -0.4 is 0 Å². The quantitative estimate of drug-likeness (QED) is 0.213. The van der Waals surface area contributed by atoms with E-state index in [0.717, 1.165) is 50.3 Å². The number of hydrogen-bond acceptors (Lipinski definition) is 4. The smallest absolute Gasteiger partial charge is 0.116 e. The minimum atomic E-state index is -0.521. The molecule has 0 unspecified atom stereocenters. The van der Waals surface area contributed by atoms with Crippen molar-refractivity contribution in [3.63, 3.8) is 0 Å². The van der Waals surface area contributed by atoms with Crippen LogP contribution in [0.3, 0.4) is 0 Å². The lowest BCUT2D eigenvalue weighted by Gasteiger charge is -2.29. The molecular weight excluding hydrogens is 538 g/mol. The molecule has 0 aliphatic heterocycles.